The number of aromatic hydroxyl groups is 1. The number of ether oxygens (including phenoxy) is 1. The lowest BCUT2D eigenvalue weighted by molar-refractivity contribution is -0.142. The van der Waals surface area contributed by atoms with E-state index in [1.54, 1.807) is 0 Å². The summed E-state index contributed by atoms with van der Waals surface area (Å²) in [6.45, 7) is 4.03. The number of phenolic OH excluding ortho intramolecular Hbond substituents is 1. The highest BCUT2D eigenvalue weighted by atomic mass is 16.5. The number of benzene rings is 1. The van der Waals surface area contributed by atoms with E-state index in [0.717, 1.165) is 5.56 Å². The van der Waals surface area contributed by atoms with Gasteiger partial charge in [-0.2, -0.15) is 0 Å². The van der Waals surface area contributed by atoms with Gasteiger partial charge in [0.2, 0.25) is 0 Å². The summed E-state index contributed by atoms with van der Waals surface area (Å²) in [5.41, 5.74) is 2.32. The second kappa shape index (κ2) is 5.12. The molecule has 0 amide bonds. The average molecular weight is 274 g/mol. The van der Waals surface area contributed by atoms with Crippen LogP contribution in [-0.4, -0.2) is 17.7 Å². The van der Waals surface area contributed by atoms with Gasteiger partial charge >= 0.3 is 5.97 Å². The molecule has 1 aromatic carbocycles. The van der Waals surface area contributed by atoms with Crippen LogP contribution in [0.1, 0.15) is 43.2 Å². The molecule has 0 heterocycles. The smallest absolute Gasteiger partial charge is 0.302 e. The predicted molar refractivity (Wildman–Crippen MR) is 76.5 cm³/mol. The Bertz CT molecular complexity index is 523. The van der Waals surface area contributed by atoms with Gasteiger partial charge in [0.05, 0.1) is 6.61 Å². The lowest BCUT2D eigenvalue weighted by Gasteiger charge is -2.28. The number of fused-ring (bicyclic) bond motifs is 2. The minimum absolute atomic E-state index is 0.168. The van der Waals surface area contributed by atoms with Crippen LogP contribution in [0.3, 0.4) is 0 Å². The maximum atomic E-state index is 10.9. The summed E-state index contributed by atoms with van der Waals surface area (Å²) in [4.78, 5) is 10.9. The van der Waals surface area contributed by atoms with Gasteiger partial charge in [0.25, 0.3) is 0 Å². The van der Waals surface area contributed by atoms with Crippen LogP contribution < -0.4 is 0 Å². The van der Waals surface area contributed by atoms with Gasteiger partial charge in [-0.25, -0.2) is 0 Å². The highest BCUT2D eigenvalue weighted by molar-refractivity contribution is 5.65. The van der Waals surface area contributed by atoms with E-state index in [9.17, 15) is 9.90 Å². The number of rotatable bonds is 3. The second-order valence-electron chi connectivity index (χ2n) is 6.44. The van der Waals surface area contributed by atoms with E-state index < -0.39 is 0 Å². The monoisotopic (exact) mass is 274 g/mol. The van der Waals surface area contributed by atoms with Gasteiger partial charge in [-0.1, -0.05) is 12.1 Å². The van der Waals surface area contributed by atoms with Crippen LogP contribution in [0.5, 0.6) is 5.75 Å². The van der Waals surface area contributed by atoms with Crippen LogP contribution in [0.4, 0.5) is 0 Å². The summed E-state index contributed by atoms with van der Waals surface area (Å²) in [5.74, 6) is 2.79. The van der Waals surface area contributed by atoms with Crippen molar-refractivity contribution in [2.24, 2.45) is 17.8 Å². The molecule has 2 fully saturated rings. The molecule has 3 nitrogen and oxygen atoms in total. The number of hydrogen-bond donors (Lipinski definition) is 1. The molecule has 2 saturated carbocycles. The Morgan fingerprint density at radius 1 is 1.30 bits per heavy atom. The second-order valence-corrected chi connectivity index (χ2v) is 6.44. The Kier molecular flexibility index (Phi) is 3.45. The van der Waals surface area contributed by atoms with E-state index in [2.05, 4.69) is 12.1 Å². The van der Waals surface area contributed by atoms with E-state index >= 15 is 0 Å². The van der Waals surface area contributed by atoms with E-state index in [1.807, 2.05) is 13.0 Å². The number of carbonyl (C=O) groups is 1. The molecule has 3 rings (SSSR count). The van der Waals surface area contributed by atoms with Crippen molar-refractivity contribution in [3.8, 4) is 5.75 Å². The third kappa shape index (κ3) is 2.41. The van der Waals surface area contributed by atoms with Crippen molar-refractivity contribution in [3.63, 3.8) is 0 Å². The first kappa shape index (κ1) is 13.5. The van der Waals surface area contributed by atoms with Crippen LogP contribution in [0.15, 0.2) is 18.2 Å². The minimum Gasteiger partial charge on any atom is -0.508 e. The molecular weight excluding hydrogens is 252 g/mol. The van der Waals surface area contributed by atoms with E-state index in [1.165, 1.54) is 31.7 Å². The number of phenols is 1. The average Bonchev–Trinajstić information content (AvgIpc) is 2.99. The van der Waals surface area contributed by atoms with Gasteiger partial charge in [0, 0.05) is 6.92 Å². The molecule has 3 heteroatoms. The maximum absolute atomic E-state index is 10.9. The Morgan fingerprint density at radius 3 is 2.70 bits per heavy atom. The first-order valence-electron chi connectivity index (χ1n) is 7.47. The molecule has 0 aromatic heterocycles. The molecule has 20 heavy (non-hydrogen) atoms. The molecule has 1 N–H and O–H groups in total. The molecule has 2 bridgehead atoms. The van der Waals surface area contributed by atoms with Gasteiger partial charge in [-0.3, -0.25) is 4.79 Å². The Hall–Kier alpha value is -1.51. The summed E-state index contributed by atoms with van der Waals surface area (Å²) < 4.78 is 5.18. The summed E-state index contributed by atoms with van der Waals surface area (Å²) in [6, 6.07) is 6.00. The molecule has 108 valence electrons. The highest BCUT2D eigenvalue weighted by Crippen LogP contribution is 2.55. The summed E-state index contributed by atoms with van der Waals surface area (Å²) in [6.07, 6.45) is 3.62. The molecular formula is C17H22O3. The largest absolute Gasteiger partial charge is 0.508 e. The summed E-state index contributed by atoms with van der Waals surface area (Å²) in [7, 11) is 0. The molecule has 2 aliphatic rings. The third-order valence-corrected chi connectivity index (χ3v) is 5.15. The number of carbonyl (C=O) groups excluding carboxylic acids is 1. The molecule has 2 aliphatic carbocycles. The van der Waals surface area contributed by atoms with E-state index in [0.29, 0.717) is 36.0 Å². The number of hydrogen-bond acceptors (Lipinski definition) is 3. The molecule has 4 atom stereocenters. The lowest BCUT2D eigenvalue weighted by atomic mass is 9.78. The SMILES string of the molecule is CC(=O)OCC1CC2CC1CC2c1ccc(O)c(C)c1. The van der Waals surface area contributed by atoms with Crippen molar-refractivity contribution in [2.45, 2.75) is 39.0 Å². The molecule has 0 aliphatic heterocycles. The third-order valence-electron chi connectivity index (χ3n) is 5.15. The van der Waals surface area contributed by atoms with Crippen molar-refractivity contribution in [3.05, 3.63) is 29.3 Å². The van der Waals surface area contributed by atoms with Crippen molar-refractivity contribution >= 4 is 5.97 Å². The van der Waals surface area contributed by atoms with Gasteiger partial charge in [-0.15, -0.1) is 0 Å². The summed E-state index contributed by atoms with van der Waals surface area (Å²) >= 11 is 0. The first-order valence-corrected chi connectivity index (χ1v) is 7.47. The van der Waals surface area contributed by atoms with Crippen molar-refractivity contribution in [2.75, 3.05) is 6.61 Å². The van der Waals surface area contributed by atoms with E-state index in [4.69, 9.17) is 4.74 Å². The fourth-order valence-electron chi connectivity index (χ4n) is 4.14. The zero-order valence-corrected chi connectivity index (χ0v) is 12.1. The van der Waals surface area contributed by atoms with Crippen LogP contribution in [-0.2, 0) is 9.53 Å². The minimum atomic E-state index is -0.168. The zero-order valence-electron chi connectivity index (χ0n) is 12.1. The topological polar surface area (TPSA) is 46.5 Å². The van der Waals surface area contributed by atoms with Gasteiger partial charge in [0.1, 0.15) is 5.75 Å². The number of aryl methyl sites for hydroxylation is 1. The van der Waals surface area contributed by atoms with Crippen LogP contribution >= 0.6 is 0 Å². The van der Waals surface area contributed by atoms with Crippen LogP contribution in [0.25, 0.3) is 0 Å². The fourth-order valence-corrected chi connectivity index (χ4v) is 4.14. The zero-order chi connectivity index (χ0) is 14.3. The molecule has 0 spiro atoms. The molecule has 0 radical (unpaired) electrons. The Morgan fingerprint density at radius 2 is 2.10 bits per heavy atom. The van der Waals surface area contributed by atoms with Gasteiger partial charge < -0.3 is 9.84 Å². The standard InChI is InChI=1S/C17H22O3/c1-10-5-12(3-4-17(10)19)16-8-13-6-14(16)7-15(13)9-20-11(2)18/h3-5,13-16,19H,6-9H2,1-2H3. The van der Waals surface area contributed by atoms with Crippen LogP contribution in [0, 0.1) is 24.7 Å². The Labute approximate surface area is 120 Å². The van der Waals surface area contributed by atoms with Crippen LogP contribution in [0.2, 0.25) is 0 Å². The Balaban J connectivity index is 1.66. The van der Waals surface area contributed by atoms with Crippen molar-refractivity contribution < 1.29 is 14.6 Å². The van der Waals surface area contributed by atoms with Crippen molar-refractivity contribution in [1.29, 1.82) is 0 Å². The fraction of sp³-hybridized carbons (Fsp3) is 0.588. The van der Waals surface area contributed by atoms with E-state index in [-0.39, 0.29) is 5.97 Å². The van der Waals surface area contributed by atoms with Gasteiger partial charge in [-0.05, 0) is 67.1 Å². The van der Waals surface area contributed by atoms with Gasteiger partial charge in [0.15, 0.2) is 0 Å². The van der Waals surface area contributed by atoms with Crippen molar-refractivity contribution in [1.82, 2.24) is 0 Å². The lowest BCUT2D eigenvalue weighted by Crippen LogP contribution is -2.21. The quantitative estimate of drug-likeness (QED) is 0.859. The molecule has 0 saturated heterocycles. The normalized spacial score (nSPS) is 31.5. The predicted octanol–water partition coefficient (Wildman–Crippen LogP) is 3.39. The highest BCUT2D eigenvalue weighted by Gasteiger charge is 2.46. The maximum Gasteiger partial charge on any atom is 0.302 e. The summed E-state index contributed by atoms with van der Waals surface area (Å²) in [5, 5.41) is 9.63. The molecule has 1 aromatic rings. The number of esters is 1. The molecule has 4 unspecified atom stereocenters. The first-order chi connectivity index (χ1) is 9.54.